The van der Waals surface area contributed by atoms with E-state index in [9.17, 15) is 19.7 Å². The summed E-state index contributed by atoms with van der Waals surface area (Å²) in [7, 11) is 0. The molecule has 1 N–H and O–H groups in total. The largest absolute Gasteiger partial charge is 0.480 e. The van der Waals surface area contributed by atoms with Gasteiger partial charge >= 0.3 is 5.97 Å². The van der Waals surface area contributed by atoms with Gasteiger partial charge in [-0.1, -0.05) is 11.6 Å². The first-order valence-corrected chi connectivity index (χ1v) is 6.27. The predicted octanol–water partition coefficient (Wildman–Crippen LogP) is 1.94. The van der Waals surface area contributed by atoms with Gasteiger partial charge < -0.3 is 10.0 Å². The van der Waals surface area contributed by atoms with Gasteiger partial charge in [-0.05, 0) is 25.0 Å². The van der Waals surface area contributed by atoms with Crippen LogP contribution < -0.4 is 0 Å². The summed E-state index contributed by atoms with van der Waals surface area (Å²) in [5, 5.41) is 20.2. The Morgan fingerprint density at radius 3 is 2.75 bits per heavy atom. The number of aliphatic carboxylic acids is 1. The van der Waals surface area contributed by atoms with Crippen LogP contribution in [0.5, 0.6) is 0 Å². The molecule has 1 atom stereocenters. The maximum Gasteiger partial charge on any atom is 0.326 e. The highest BCUT2D eigenvalue weighted by Gasteiger charge is 2.36. The Hall–Kier alpha value is -2.15. The third-order valence-corrected chi connectivity index (χ3v) is 3.42. The van der Waals surface area contributed by atoms with Crippen molar-refractivity contribution in [1.82, 2.24) is 4.90 Å². The Morgan fingerprint density at radius 2 is 2.15 bits per heavy atom. The lowest BCUT2D eigenvalue weighted by atomic mass is 10.1. The van der Waals surface area contributed by atoms with Gasteiger partial charge in [-0.15, -0.1) is 0 Å². The fourth-order valence-corrected chi connectivity index (χ4v) is 2.43. The van der Waals surface area contributed by atoms with Crippen molar-refractivity contribution in [2.24, 2.45) is 0 Å². The van der Waals surface area contributed by atoms with Crippen molar-refractivity contribution < 1.29 is 19.6 Å². The molecule has 1 saturated heterocycles. The smallest absolute Gasteiger partial charge is 0.326 e. The zero-order valence-electron chi connectivity index (χ0n) is 10.3. The molecule has 0 radical (unpaired) electrons. The van der Waals surface area contributed by atoms with Crippen LogP contribution in [-0.2, 0) is 4.79 Å². The summed E-state index contributed by atoms with van der Waals surface area (Å²) in [5.41, 5.74) is -0.564. The van der Waals surface area contributed by atoms with Crippen LogP contribution >= 0.6 is 11.6 Å². The molecule has 0 saturated carbocycles. The van der Waals surface area contributed by atoms with Gasteiger partial charge in [-0.2, -0.15) is 0 Å². The van der Waals surface area contributed by atoms with Crippen molar-refractivity contribution in [3.05, 3.63) is 38.9 Å². The van der Waals surface area contributed by atoms with Crippen LogP contribution in [0.2, 0.25) is 5.02 Å². The molecular formula is C12H11ClN2O5. The van der Waals surface area contributed by atoms with Crippen molar-refractivity contribution in [3.8, 4) is 0 Å². The maximum atomic E-state index is 12.3. The summed E-state index contributed by atoms with van der Waals surface area (Å²) in [6, 6.07) is 2.71. The first-order valence-electron chi connectivity index (χ1n) is 5.89. The molecule has 0 spiro atoms. The fraction of sp³-hybridized carbons (Fsp3) is 0.333. The van der Waals surface area contributed by atoms with Crippen molar-refractivity contribution >= 4 is 29.2 Å². The molecule has 1 fully saturated rings. The highest BCUT2D eigenvalue weighted by atomic mass is 35.5. The van der Waals surface area contributed by atoms with Crippen LogP contribution in [0, 0.1) is 10.1 Å². The molecule has 1 unspecified atom stereocenters. The molecule has 106 valence electrons. The fourth-order valence-electron chi connectivity index (χ4n) is 2.26. The summed E-state index contributed by atoms with van der Waals surface area (Å²) < 4.78 is 0. The minimum absolute atomic E-state index is 0.185. The number of nitro benzene ring substituents is 1. The van der Waals surface area contributed by atoms with Crippen molar-refractivity contribution in [1.29, 1.82) is 0 Å². The number of amides is 1. The predicted molar refractivity (Wildman–Crippen MR) is 69.8 cm³/mol. The van der Waals surface area contributed by atoms with E-state index in [4.69, 9.17) is 16.7 Å². The summed E-state index contributed by atoms with van der Waals surface area (Å²) in [6.45, 7) is 0.263. The summed E-state index contributed by atoms with van der Waals surface area (Å²) >= 11 is 5.76. The van der Waals surface area contributed by atoms with Crippen LogP contribution in [0.1, 0.15) is 23.2 Å². The van der Waals surface area contributed by atoms with E-state index in [0.29, 0.717) is 12.8 Å². The highest BCUT2D eigenvalue weighted by molar-refractivity contribution is 6.31. The van der Waals surface area contributed by atoms with Crippen LogP contribution in [0.25, 0.3) is 0 Å². The van der Waals surface area contributed by atoms with Gasteiger partial charge in [0.1, 0.15) is 11.6 Å². The SMILES string of the molecule is O=C(O)C1CCCN1C(=O)c1cc(Cl)ccc1[N+](=O)[O-]. The molecule has 8 heteroatoms. The van der Waals surface area contributed by atoms with Gasteiger partial charge in [0.2, 0.25) is 0 Å². The van der Waals surface area contributed by atoms with Gasteiger partial charge in [-0.25, -0.2) is 4.79 Å². The van der Waals surface area contributed by atoms with Gasteiger partial charge in [0.25, 0.3) is 11.6 Å². The zero-order chi connectivity index (χ0) is 14.9. The van der Waals surface area contributed by atoms with E-state index in [0.717, 1.165) is 11.0 Å². The molecule has 1 aliphatic rings. The van der Waals surface area contributed by atoms with Crippen LogP contribution in [-0.4, -0.2) is 39.4 Å². The minimum atomic E-state index is -1.11. The highest BCUT2D eigenvalue weighted by Crippen LogP contribution is 2.27. The second-order valence-electron chi connectivity index (χ2n) is 4.41. The van der Waals surface area contributed by atoms with Gasteiger partial charge in [0, 0.05) is 17.6 Å². The average Bonchev–Trinajstić information content (AvgIpc) is 2.86. The molecule has 0 aliphatic carbocycles. The van der Waals surface area contributed by atoms with Gasteiger partial charge in [0.15, 0.2) is 0 Å². The molecular weight excluding hydrogens is 288 g/mol. The number of carbonyl (C=O) groups is 2. The molecule has 1 aromatic carbocycles. The Kier molecular flexibility index (Phi) is 3.89. The molecule has 1 heterocycles. The summed E-state index contributed by atoms with van der Waals surface area (Å²) in [4.78, 5) is 34.8. The van der Waals surface area contributed by atoms with E-state index >= 15 is 0 Å². The Balaban J connectivity index is 2.40. The van der Waals surface area contributed by atoms with Crippen molar-refractivity contribution in [3.63, 3.8) is 0 Å². The Labute approximate surface area is 118 Å². The lowest BCUT2D eigenvalue weighted by Crippen LogP contribution is -2.40. The third kappa shape index (κ3) is 2.57. The van der Waals surface area contributed by atoms with E-state index in [-0.39, 0.29) is 22.8 Å². The van der Waals surface area contributed by atoms with E-state index < -0.39 is 22.8 Å². The summed E-state index contributed by atoms with van der Waals surface area (Å²) in [6.07, 6.45) is 0.895. The van der Waals surface area contributed by atoms with Gasteiger partial charge in [-0.3, -0.25) is 14.9 Å². The quantitative estimate of drug-likeness (QED) is 0.679. The number of carbonyl (C=O) groups excluding carboxylic acids is 1. The van der Waals surface area contributed by atoms with Gasteiger partial charge in [0.05, 0.1) is 4.92 Å². The molecule has 7 nitrogen and oxygen atoms in total. The van der Waals surface area contributed by atoms with E-state index in [2.05, 4.69) is 0 Å². The Morgan fingerprint density at radius 1 is 1.45 bits per heavy atom. The third-order valence-electron chi connectivity index (χ3n) is 3.18. The lowest BCUT2D eigenvalue weighted by Gasteiger charge is -2.21. The number of carboxylic acids is 1. The van der Waals surface area contributed by atoms with Crippen LogP contribution in [0.4, 0.5) is 5.69 Å². The molecule has 0 bridgehead atoms. The molecule has 1 amide bonds. The summed E-state index contributed by atoms with van der Waals surface area (Å²) in [5.74, 6) is -1.79. The minimum Gasteiger partial charge on any atom is -0.480 e. The molecule has 1 aromatic rings. The number of hydrogen-bond donors (Lipinski definition) is 1. The second kappa shape index (κ2) is 5.46. The van der Waals surface area contributed by atoms with Crippen molar-refractivity contribution in [2.45, 2.75) is 18.9 Å². The topological polar surface area (TPSA) is 101 Å². The molecule has 2 rings (SSSR count). The first kappa shape index (κ1) is 14.3. The number of nitrogens with zero attached hydrogens (tertiary/aromatic N) is 2. The van der Waals surface area contributed by atoms with E-state index in [1.54, 1.807) is 0 Å². The molecule has 0 aromatic heterocycles. The number of hydrogen-bond acceptors (Lipinski definition) is 4. The van der Waals surface area contributed by atoms with Crippen molar-refractivity contribution in [2.75, 3.05) is 6.54 Å². The standard InChI is InChI=1S/C12H11ClN2O5/c13-7-3-4-9(15(19)20)8(6-7)11(16)14-5-1-2-10(14)12(17)18/h3-4,6,10H,1-2,5H2,(H,17,18). The number of likely N-dealkylation sites (tertiary alicyclic amines) is 1. The monoisotopic (exact) mass is 298 g/mol. The van der Waals surface area contributed by atoms with E-state index in [1.165, 1.54) is 12.1 Å². The zero-order valence-corrected chi connectivity index (χ0v) is 11.0. The lowest BCUT2D eigenvalue weighted by molar-refractivity contribution is -0.385. The molecule has 20 heavy (non-hydrogen) atoms. The number of benzene rings is 1. The number of nitro groups is 1. The normalized spacial score (nSPS) is 18.1. The number of rotatable bonds is 3. The first-order chi connectivity index (χ1) is 9.41. The van der Waals surface area contributed by atoms with E-state index in [1.807, 2.05) is 0 Å². The maximum absolute atomic E-state index is 12.3. The van der Waals surface area contributed by atoms with Crippen LogP contribution in [0.3, 0.4) is 0 Å². The second-order valence-corrected chi connectivity index (χ2v) is 4.85. The number of carboxylic acid groups (broad SMARTS) is 1. The molecule has 1 aliphatic heterocycles. The van der Waals surface area contributed by atoms with Crippen LogP contribution in [0.15, 0.2) is 18.2 Å². The average molecular weight is 299 g/mol. The number of halogens is 1. The Bertz CT molecular complexity index is 589.